The summed E-state index contributed by atoms with van der Waals surface area (Å²) in [5.74, 6) is 1.44. The molecule has 1 N–H and O–H groups in total. The van der Waals surface area contributed by atoms with Gasteiger partial charge in [0.1, 0.15) is 17.1 Å². The van der Waals surface area contributed by atoms with Gasteiger partial charge < -0.3 is 13.6 Å². The summed E-state index contributed by atoms with van der Waals surface area (Å²) in [6, 6.07) is 19.2. The number of amides is 1. The van der Waals surface area contributed by atoms with E-state index in [0.29, 0.717) is 43.5 Å². The summed E-state index contributed by atoms with van der Waals surface area (Å²) < 4.78 is 17.3. The number of hydrazine groups is 1. The fourth-order valence-corrected chi connectivity index (χ4v) is 3.97. The van der Waals surface area contributed by atoms with Gasteiger partial charge in [0, 0.05) is 41.0 Å². The van der Waals surface area contributed by atoms with Gasteiger partial charge in [-0.1, -0.05) is 41.9 Å². The molecule has 2 aromatic heterocycles. The lowest BCUT2D eigenvalue weighted by molar-refractivity contribution is 0.0117. The van der Waals surface area contributed by atoms with Crippen molar-refractivity contribution in [2.75, 3.05) is 26.3 Å². The molecule has 0 saturated carbocycles. The normalized spacial score (nSPS) is 14.7. The molecule has 0 unspecified atom stereocenters. The number of fused-ring (bicyclic) bond motifs is 1. The number of halogens is 1. The molecule has 1 aliphatic heterocycles. The van der Waals surface area contributed by atoms with Crippen LogP contribution in [0, 0.1) is 0 Å². The quantitative estimate of drug-likeness (QED) is 0.481. The lowest BCUT2D eigenvalue weighted by Crippen LogP contribution is -2.48. The van der Waals surface area contributed by atoms with E-state index in [9.17, 15) is 4.79 Å². The Hall–Kier alpha value is -3.06. The molecule has 0 bridgehead atoms. The van der Waals surface area contributed by atoms with Crippen molar-refractivity contribution in [1.29, 1.82) is 0 Å². The maximum Gasteiger partial charge on any atom is 0.301 e. The van der Waals surface area contributed by atoms with Crippen molar-refractivity contribution < 1.29 is 18.4 Å². The number of carbonyl (C=O) groups excluding carboxylic acids is 1. The first-order valence-electron chi connectivity index (χ1n) is 10.2. The summed E-state index contributed by atoms with van der Waals surface area (Å²) in [5.41, 5.74) is 5.52. The van der Waals surface area contributed by atoms with E-state index in [4.69, 9.17) is 25.2 Å². The van der Waals surface area contributed by atoms with Crippen molar-refractivity contribution >= 4 is 28.5 Å². The van der Waals surface area contributed by atoms with Crippen LogP contribution in [-0.2, 0) is 11.2 Å². The monoisotopic (exact) mass is 436 g/mol. The summed E-state index contributed by atoms with van der Waals surface area (Å²) >= 11 is 6.36. The maximum atomic E-state index is 12.5. The van der Waals surface area contributed by atoms with Gasteiger partial charge in [0.25, 0.3) is 0 Å². The molecule has 1 saturated heterocycles. The third kappa shape index (κ3) is 4.37. The molecule has 6 nitrogen and oxygen atoms in total. The predicted octanol–water partition coefficient (Wildman–Crippen LogP) is 4.91. The molecule has 1 fully saturated rings. The second-order valence-corrected chi connectivity index (χ2v) is 7.88. The molecule has 1 amide bonds. The number of morpholine rings is 1. The Kier molecular flexibility index (Phi) is 5.51. The van der Waals surface area contributed by atoms with Gasteiger partial charge in [0.05, 0.1) is 13.2 Å². The number of benzene rings is 2. The maximum absolute atomic E-state index is 12.5. The SMILES string of the molecule is O=C(NN1CCOCC1)c1ccc(Cc2cc(Cl)cc3cc(-c4ccccc4)oc23)o1. The molecule has 158 valence electrons. The highest BCUT2D eigenvalue weighted by molar-refractivity contribution is 6.31. The Bertz CT molecular complexity index is 1210. The lowest BCUT2D eigenvalue weighted by Gasteiger charge is -2.26. The Morgan fingerprint density at radius 1 is 1.00 bits per heavy atom. The molecular weight excluding hydrogens is 416 g/mol. The van der Waals surface area contributed by atoms with Crippen molar-refractivity contribution in [3.05, 3.63) is 82.8 Å². The Morgan fingerprint density at radius 2 is 1.81 bits per heavy atom. The number of nitrogens with zero attached hydrogens (tertiary/aromatic N) is 1. The third-order valence-corrected chi connectivity index (χ3v) is 5.46. The minimum atomic E-state index is -0.270. The van der Waals surface area contributed by atoms with Gasteiger partial charge in [-0.15, -0.1) is 0 Å². The predicted molar refractivity (Wildman–Crippen MR) is 118 cm³/mol. The summed E-state index contributed by atoms with van der Waals surface area (Å²) in [4.78, 5) is 12.5. The first-order valence-corrected chi connectivity index (χ1v) is 10.5. The average molecular weight is 437 g/mol. The fraction of sp³-hybridized carbons (Fsp3) is 0.208. The van der Waals surface area contributed by atoms with Crippen molar-refractivity contribution in [2.45, 2.75) is 6.42 Å². The van der Waals surface area contributed by atoms with Crippen molar-refractivity contribution in [3.63, 3.8) is 0 Å². The first-order chi connectivity index (χ1) is 15.2. The molecule has 31 heavy (non-hydrogen) atoms. The van der Waals surface area contributed by atoms with Crippen LogP contribution >= 0.6 is 11.6 Å². The highest BCUT2D eigenvalue weighted by atomic mass is 35.5. The van der Waals surface area contributed by atoms with Crippen LogP contribution in [0.15, 0.2) is 69.5 Å². The largest absolute Gasteiger partial charge is 0.456 e. The van der Waals surface area contributed by atoms with E-state index in [1.54, 1.807) is 6.07 Å². The minimum Gasteiger partial charge on any atom is -0.456 e. The highest BCUT2D eigenvalue weighted by Gasteiger charge is 2.18. The topological polar surface area (TPSA) is 67.9 Å². The zero-order valence-corrected chi connectivity index (χ0v) is 17.5. The summed E-state index contributed by atoms with van der Waals surface area (Å²) in [6.07, 6.45) is 0.462. The number of nitrogens with one attached hydrogen (secondary N) is 1. The molecule has 4 aromatic rings. The zero-order valence-electron chi connectivity index (χ0n) is 16.8. The van der Waals surface area contributed by atoms with Crippen LogP contribution in [0.3, 0.4) is 0 Å². The van der Waals surface area contributed by atoms with Crippen molar-refractivity contribution in [3.8, 4) is 11.3 Å². The molecule has 0 aliphatic carbocycles. The Morgan fingerprint density at radius 3 is 2.61 bits per heavy atom. The summed E-state index contributed by atoms with van der Waals surface area (Å²) in [6.45, 7) is 2.51. The van der Waals surface area contributed by atoms with E-state index < -0.39 is 0 Å². The first kappa shape index (κ1) is 19.9. The molecule has 2 aromatic carbocycles. The van der Waals surface area contributed by atoms with Crippen LogP contribution in [-0.4, -0.2) is 37.2 Å². The van der Waals surface area contributed by atoms with Gasteiger partial charge in [-0.25, -0.2) is 5.01 Å². The van der Waals surface area contributed by atoms with E-state index in [1.807, 2.05) is 59.6 Å². The van der Waals surface area contributed by atoms with Crippen LogP contribution in [0.2, 0.25) is 5.02 Å². The van der Waals surface area contributed by atoms with E-state index in [1.165, 1.54) is 0 Å². The molecule has 7 heteroatoms. The fourth-order valence-electron chi connectivity index (χ4n) is 3.72. The number of hydrogen-bond donors (Lipinski definition) is 1. The molecule has 0 spiro atoms. The number of carbonyl (C=O) groups is 1. The van der Waals surface area contributed by atoms with Gasteiger partial charge in [0.2, 0.25) is 0 Å². The van der Waals surface area contributed by atoms with Crippen LogP contribution in [0.25, 0.3) is 22.3 Å². The summed E-state index contributed by atoms with van der Waals surface area (Å²) in [5, 5.41) is 3.39. The molecule has 0 radical (unpaired) electrons. The molecular formula is C24H21ClN2O4. The van der Waals surface area contributed by atoms with Crippen molar-refractivity contribution in [2.24, 2.45) is 0 Å². The van der Waals surface area contributed by atoms with Crippen LogP contribution < -0.4 is 5.43 Å². The third-order valence-electron chi connectivity index (χ3n) is 5.24. The van der Waals surface area contributed by atoms with Crippen LogP contribution in [0.4, 0.5) is 0 Å². The van der Waals surface area contributed by atoms with Crippen molar-refractivity contribution in [1.82, 2.24) is 10.4 Å². The van der Waals surface area contributed by atoms with Gasteiger partial charge in [-0.3, -0.25) is 10.2 Å². The zero-order chi connectivity index (χ0) is 21.2. The smallest absolute Gasteiger partial charge is 0.301 e. The minimum absolute atomic E-state index is 0.268. The standard InChI is InChI=1S/C24H21ClN2O4/c25-19-12-17(23-18(13-19)15-22(31-23)16-4-2-1-3-5-16)14-20-6-7-21(30-20)24(28)26-27-8-10-29-11-9-27/h1-7,12-13,15H,8-11,14H2,(H,26,28). The second-order valence-electron chi connectivity index (χ2n) is 7.44. The van der Waals surface area contributed by atoms with E-state index in [0.717, 1.165) is 27.9 Å². The van der Waals surface area contributed by atoms with Crippen LogP contribution in [0.1, 0.15) is 21.9 Å². The van der Waals surface area contributed by atoms with Crippen LogP contribution in [0.5, 0.6) is 0 Å². The molecule has 3 heterocycles. The average Bonchev–Trinajstić information content (AvgIpc) is 3.42. The van der Waals surface area contributed by atoms with Gasteiger partial charge in [-0.2, -0.15) is 0 Å². The van der Waals surface area contributed by atoms with E-state index >= 15 is 0 Å². The number of ether oxygens (including phenoxy) is 1. The highest BCUT2D eigenvalue weighted by Crippen LogP contribution is 2.33. The molecule has 1 aliphatic rings. The second kappa shape index (κ2) is 8.59. The van der Waals surface area contributed by atoms with Gasteiger partial charge >= 0.3 is 5.91 Å². The Labute approximate surface area is 184 Å². The number of rotatable bonds is 5. The van der Waals surface area contributed by atoms with E-state index in [2.05, 4.69) is 5.43 Å². The Balaban J connectivity index is 1.38. The van der Waals surface area contributed by atoms with E-state index in [-0.39, 0.29) is 11.7 Å². The number of hydrogen-bond acceptors (Lipinski definition) is 5. The lowest BCUT2D eigenvalue weighted by atomic mass is 10.1. The van der Waals surface area contributed by atoms with Gasteiger partial charge in [0.15, 0.2) is 5.76 Å². The summed E-state index contributed by atoms with van der Waals surface area (Å²) in [7, 11) is 0. The number of furan rings is 2. The van der Waals surface area contributed by atoms with Gasteiger partial charge in [-0.05, 0) is 30.3 Å². The molecule has 5 rings (SSSR count). The molecule has 0 atom stereocenters.